The Kier molecular flexibility index (Phi) is 10.6. The normalized spacial score (nSPS) is 11.4. The number of aromatic nitrogens is 5. The molecule has 220 valence electrons. The van der Waals surface area contributed by atoms with Gasteiger partial charge < -0.3 is 14.8 Å². The molecule has 0 fully saturated rings. The first kappa shape index (κ1) is 33.3. The predicted molar refractivity (Wildman–Crippen MR) is 162 cm³/mol. The third-order valence-electron chi connectivity index (χ3n) is 6.10. The van der Waals surface area contributed by atoms with Crippen LogP contribution in [0.3, 0.4) is 0 Å². The van der Waals surface area contributed by atoms with E-state index in [0.717, 1.165) is 11.8 Å². The van der Waals surface area contributed by atoms with Gasteiger partial charge in [0.2, 0.25) is 17.2 Å². The third kappa shape index (κ3) is 7.35. The van der Waals surface area contributed by atoms with Crippen LogP contribution >= 0.6 is 23.2 Å². The summed E-state index contributed by atoms with van der Waals surface area (Å²) >= 11 is 12.4. The first-order valence-corrected chi connectivity index (χ1v) is 14.8. The summed E-state index contributed by atoms with van der Waals surface area (Å²) in [5, 5.41) is 14.0. The minimum absolute atomic E-state index is 0. The number of aryl methyl sites for hydroxylation is 1. The van der Waals surface area contributed by atoms with Gasteiger partial charge in [-0.05, 0) is 67.9 Å². The molecule has 44 heavy (non-hydrogen) atoms. The maximum atomic E-state index is 13.1. The van der Waals surface area contributed by atoms with Crippen LogP contribution in [0.25, 0.3) is 5.69 Å². The van der Waals surface area contributed by atoms with E-state index < -0.39 is 20.6 Å². The average Bonchev–Trinajstić information content (AvgIpc) is 3.24. The minimum atomic E-state index is -4.96. The van der Waals surface area contributed by atoms with Crippen molar-refractivity contribution in [3.63, 3.8) is 0 Å². The first-order valence-electron chi connectivity index (χ1n) is 12.6. The van der Waals surface area contributed by atoms with Crippen molar-refractivity contribution in [1.82, 2.24) is 24.7 Å². The van der Waals surface area contributed by atoms with Crippen molar-refractivity contribution >= 4 is 68.0 Å². The van der Waals surface area contributed by atoms with Crippen LogP contribution in [0.5, 0.6) is 0 Å². The largest absolute Gasteiger partial charge is 1.00 e. The molecule has 0 amide bonds. The van der Waals surface area contributed by atoms with Crippen molar-refractivity contribution in [2.45, 2.75) is 18.7 Å². The number of aromatic amines is 1. The molecule has 3 aromatic carbocycles. The fourth-order valence-corrected chi connectivity index (χ4v) is 5.11. The Morgan fingerprint density at radius 2 is 1.70 bits per heavy atom. The van der Waals surface area contributed by atoms with E-state index in [0.29, 0.717) is 22.9 Å². The zero-order chi connectivity index (χ0) is 30.7. The number of azo groups is 1. The Bertz CT molecular complexity index is 2000. The van der Waals surface area contributed by atoms with Gasteiger partial charge in [0, 0.05) is 17.9 Å². The summed E-state index contributed by atoms with van der Waals surface area (Å²) in [7, 11) is -4.96. The van der Waals surface area contributed by atoms with Crippen LogP contribution in [0.2, 0.25) is 10.3 Å². The summed E-state index contributed by atoms with van der Waals surface area (Å²) in [6.07, 6.45) is 0. The zero-order valence-corrected chi connectivity index (χ0v) is 27.9. The van der Waals surface area contributed by atoms with Crippen LogP contribution in [-0.4, -0.2) is 44.2 Å². The van der Waals surface area contributed by atoms with Gasteiger partial charge in [-0.3, -0.25) is 9.89 Å². The molecule has 0 aliphatic rings. The molecule has 0 unspecified atom stereocenters. The topological polar surface area (TPSA) is 174 Å². The van der Waals surface area contributed by atoms with Crippen LogP contribution in [0.4, 0.5) is 34.6 Å². The monoisotopic (exact) mass is 661 g/mol. The van der Waals surface area contributed by atoms with Gasteiger partial charge in [0.05, 0.1) is 21.3 Å². The molecule has 0 saturated heterocycles. The molecule has 5 aromatic rings. The van der Waals surface area contributed by atoms with E-state index in [4.69, 9.17) is 23.2 Å². The molecular formula is C27H22Cl2N9NaO4S. The Morgan fingerprint density at radius 1 is 1.00 bits per heavy atom. The van der Waals surface area contributed by atoms with Crippen LogP contribution in [0.1, 0.15) is 12.6 Å². The second-order valence-corrected chi connectivity index (χ2v) is 11.0. The SMILES string of the molecule is CCN(c1ccccc1)c1nc(Cl)nc(Nc2ccc(S(=O)(=O)[O-])c(N=Nc3c(C)[nH]n(-c4ccccc4Cl)c3=O)c2)n1.[Na+]. The van der Waals surface area contributed by atoms with Gasteiger partial charge in [-0.25, -0.2) is 13.1 Å². The summed E-state index contributed by atoms with van der Waals surface area (Å²) in [4.78, 5) is 27.0. The predicted octanol–water partition coefficient (Wildman–Crippen LogP) is 3.19. The number of rotatable bonds is 9. The van der Waals surface area contributed by atoms with Crippen molar-refractivity contribution in [1.29, 1.82) is 0 Å². The van der Waals surface area contributed by atoms with Gasteiger partial charge in [-0.2, -0.15) is 15.0 Å². The van der Waals surface area contributed by atoms with E-state index in [2.05, 4.69) is 35.6 Å². The molecule has 2 aromatic heterocycles. The van der Waals surface area contributed by atoms with Crippen LogP contribution < -0.4 is 45.3 Å². The zero-order valence-electron chi connectivity index (χ0n) is 23.6. The number of hydrogen-bond acceptors (Lipinski definition) is 11. The van der Waals surface area contributed by atoms with Crippen LogP contribution in [-0.2, 0) is 10.1 Å². The maximum absolute atomic E-state index is 13.1. The Balaban J connectivity index is 0.00000442. The quantitative estimate of drug-likeness (QED) is 0.137. The summed E-state index contributed by atoms with van der Waals surface area (Å²) in [5.41, 5.74) is 0.807. The molecule has 17 heteroatoms. The van der Waals surface area contributed by atoms with E-state index >= 15 is 0 Å². The molecular weight excluding hydrogens is 640 g/mol. The van der Waals surface area contributed by atoms with Gasteiger partial charge >= 0.3 is 29.6 Å². The summed E-state index contributed by atoms with van der Waals surface area (Å²) in [6, 6.07) is 19.8. The molecule has 2 N–H and O–H groups in total. The smallest absolute Gasteiger partial charge is 0.744 e. The third-order valence-corrected chi connectivity index (χ3v) is 7.47. The van der Waals surface area contributed by atoms with Crippen molar-refractivity contribution in [3.05, 3.63) is 99.2 Å². The van der Waals surface area contributed by atoms with Crippen molar-refractivity contribution < 1.29 is 42.5 Å². The number of H-pyrrole nitrogens is 1. The van der Waals surface area contributed by atoms with E-state index in [9.17, 15) is 17.8 Å². The number of benzene rings is 3. The summed E-state index contributed by atoms with van der Waals surface area (Å²) < 4.78 is 37.2. The maximum Gasteiger partial charge on any atom is 1.00 e. The van der Waals surface area contributed by atoms with Gasteiger partial charge in [-0.1, -0.05) is 41.9 Å². The van der Waals surface area contributed by atoms with Crippen molar-refractivity contribution in [3.8, 4) is 5.69 Å². The number of para-hydroxylation sites is 2. The Hall–Kier alpha value is -3.63. The second kappa shape index (κ2) is 14.0. The molecule has 0 aliphatic carbocycles. The Morgan fingerprint density at radius 3 is 2.39 bits per heavy atom. The summed E-state index contributed by atoms with van der Waals surface area (Å²) in [6.45, 7) is 4.04. The van der Waals surface area contributed by atoms with Gasteiger partial charge in [0.1, 0.15) is 15.8 Å². The fourth-order valence-electron chi connectivity index (χ4n) is 4.14. The molecule has 0 bridgehead atoms. The first-order chi connectivity index (χ1) is 20.5. The molecule has 0 spiro atoms. The Labute approximate surface area is 284 Å². The number of hydrogen-bond donors (Lipinski definition) is 2. The van der Waals surface area contributed by atoms with E-state index in [1.54, 1.807) is 31.2 Å². The molecule has 13 nitrogen and oxygen atoms in total. The van der Waals surface area contributed by atoms with Crippen molar-refractivity contribution in [2.75, 3.05) is 16.8 Å². The van der Waals surface area contributed by atoms with Gasteiger partial charge in [-0.15, -0.1) is 10.2 Å². The molecule has 0 atom stereocenters. The minimum Gasteiger partial charge on any atom is -0.744 e. The molecule has 0 aliphatic heterocycles. The van der Waals surface area contributed by atoms with E-state index in [-0.39, 0.29) is 63.8 Å². The fraction of sp³-hybridized carbons (Fsp3) is 0.111. The number of nitrogens with zero attached hydrogens (tertiary/aromatic N) is 7. The molecule has 5 rings (SSSR count). The van der Waals surface area contributed by atoms with Crippen LogP contribution in [0.15, 0.2) is 92.7 Å². The molecule has 0 saturated carbocycles. The summed E-state index contributed by atoms with van der Waals surface area (Å²) in [5.74, 6) is 0.321. The standard InChI is InChI=1S/C27H23Cl2N9O4S.Na/c1-3-37(18-9-5-4-6-10-18)27-32-25(29)31-26(33-27)30-17-13-14-22(43(40,41)42)20(15-17)34-35-23-16(2)36-38(24(23)39)21-12-8-7-11-19(21)28;/h4-15,36H,3H2,1-2H3,(H,40,41,42)(H,30,31,32,33);/q;+1/p-1. The van der Waals surface area contributed by atoms with Crippen LogP contribution in [0, 0.1) is 6.92 Å². The number of anilines is 4. The van der Waals surface area contributed by atoms with E-state index in [1.807, 2.05) is 42.2 Å². The molecule has 2 heterocycles. The van der Waals surface area contributed by atoms with Crippen molar-refractivity contribution in [2.24, 2.45) is 10.2 Å². The number of halogens is 2. The second-order valence-electron chi connectivity index (χ2n) is 8.95. The van der Waals surface area contributed by atoms with E-state index in [1.165, 1.54) is 16.8 Å². The molecule has 0 radical (unpaired) electrons. The average molecular weight is 662 g/mol. The van der Waals surface area contributed by atoms with Gasteiger partial charge in [0.15, 0.2) is 5.69 Å². The number of nitrogens with one attached hydrogen (secondary N) is 2. The van der Waals surface area contributed by atoms with Gasteiger partial charge in [0.25, 0.3) is 5.56 Å².